The predicted molar refractivity (Wildman–Crippen MR) is 88.9 cm³/mol. The number of hydrogen-bond acceptors (Lipinski definition) is 6. The van der Waals surface area contributed by atoms with Crippen LogP contribution in [-0.4, -0.2) is 23.2 Å². The fraction of sp³-hybridized carbons (Fsp3) is 0.286. The molecule has 0 amide bonds. The first-order valence-corrected chi connectivity index (χ1v) is 8.09. The summed E-state index contributed by atoms with van der Waals surface area (Å²) in [7, 11) is 0. The fourth-order valence-corrected chi connectivity index (χ4v) is 3.12. The van der Waals surface area contributed by atoms with Crippen LogP contribution in [-0.2, 0) is 15.7 Å². The van der Waals surface area contributed by atoms with E-state index < -0.39 is 33.3 Å². The van der Waals surface area contributed by atoms with Gasteiger partial charge in [0.15, 0.2) is 11.2 Å². The van der Waals surface area contributed by atoms with Gasteiger partial charge in [0.05, 0.1) is 33.5 Å². The number of nitrogens with zero attached hydrogens (tertiary/aromatic N) is 3. The van der Waals surface area contributed by atoms with E-state index in [9.17, 15) is 23.2 Å². The Balaban J connectivity index is 2.68. The van der Waals surface area contributed by atoms with Crippen molar-refractivity contribution in [2.45, 2.75) is 18.6 Å². The summed E-state index contributed by atoms with van der Waals surface area (Å²) in [6.45, 7) is 1.50. The third kappa shape index (κ3) is 3.56. The van der Waals surface area contributed by atoms with Crippen LogP contribution in [0.3, 0.4) is 0 Å². The first-order chi connectivity index (χ1) is 12.0. The number of halogens is 6. The number of esters is 1. The molecule has 1 atom stereocenters. The highest BCUT2D eigenvalue weighted by molar-refractivity contribution is 6.39. The van der Waals surface area contributed by atoms with E-state index in [0.29, 0.717) is 12.1 Å². The number of ether oxygens (including phenoxy) is 1. The Kier molecular flexibility index (Phi) is 5.95. The summed E-state index contributed by atoms with van der Waals surface area (Å²) in [6, 6.07) is 2.96. The van der Waals surface area contributed by atoms with E-state index in [2.05, 4.69) is 0 Å². The third-order valence-corrected chi connectivity index (χ3v) is 4.31. The molecule has 12 heteroatoms. The second-order valence-electron chi connectivity index (χ2n) is 4.91. The Morgan fingerprint density at radius 3 is 2.35 bits per heavy atom. The van der Waals surface area contributed by atoms with Gasteiger partial charge in [0.25, 0.3) is 0 Å². The molecule has 1 aliphatic rings. The molecule has 1 heterocycles. The van der Waals surface area contributed by atoms with Gasteiger partial charge in [0.2, 0.25) is 0 Å². The van der Waals surface area contributed by atoms with Gasteiger partial charge in [0.1, 0.15) is 6.07 Å². The third-order valence-electron chi connectivity index (χ3n) is 3.31. The second kappa shape index (κ2) is 7.50. The number of hydrogen-bond donors (Lipinski definition) is 1. The maximum absolute atomic E-state index is 12.9. The van der Waals surface area contributed by atoms with E-state index in [1.54, 1.807) is 6.07 Å². The van der Waals surface area contributed by atoms with E-state index in [1.807, 2.05) is 0 Å². The molecule has 1 aromatic carbocycles. The van der Waals surface area contributed by atoms with Crippen LogP contribution in [0.4, 0.5) is 18.9 Å². The molecular formula is C14H10Cl3F3N4O2. The number of rotatable bonds is 3. The van der Waals surface area contributed by atoms with Gasteiger partial charge in [-0.3, -0.25) is 0 Å². The summed E-state index contributed by atoms with van der Waals surface area (Å²) < 4.78 is 43.6. The van der Waals surface area contributed by atoms with Crippen LogP contribution in [0.25, 0.3) is 0 Å². The molecule has 0 fully saturated rings. The molecule has 0 radical (unpaired) electrons. The summed E-state index contributed by atoms with van der Waals surface area (Å²) in [6.07, 6.45) is -4.69. The van der Waals surface area contributed by atoms with Crippen molar-refractivity contribution >= 4 is 46.5 Å². The van der Waals surface area contributed by atoms with Crippen LogP contribution in [0.5, 0.6) is 0 Å². The van der Waals surface area contributed by atoms with Crippen LogP contribution in [0.1, 0.15) is 12.5 Å². The minimum Gasteiger partial charge on any atom is -0.461 e. The number of nitrogens with two attached hydrogens (primary N) is 1. The zero-order chi connectivity index (χ0) is 19.8. The maximum atomic E-state index is 12.9. The van der Waals surface area contributed by atoms with Crippen LogP contribution in [0.2, 0.25) is 10.0 Å². The van der Waals surface area contributed by atoms with E-state index in [4.69, 9.17) is 45.4 Å². The van der Waals surface area contributed by atoms with Crippen molar-refractivity contribution in [1.82, 2.24) is 5.12 Å². The van der Waals surface area contributed by atoms with Crippen molar-refractivity contribution in [3.63, 3.8) is 0 Å². The summed E-state index contributed by atoms with van der Waals surface area (Å²) in [5.74, 6) is 4.83. The minimum absolute atomic E-state index is 0.0269. The molecule has 6 nitrogen and oxygen atoms in total. The van der Waals surface area contributed by atoms with Gasteiger partial charge in [-0.15, -0.1) is 5.12 Å². The van der Waals surface area contributed by atoms with E-state index in [0.717, 1.165) is 10.1 Å². The first kappa shape index (κ1) is 20.6. The highest BCUT2D eigenvalue weighted by Gasteiger charge is 2.44. The Bertz CT molecular complexity index is 800. The number of carbonyl (C=O) groups excluding carboxylic acids is 1. The quantitative estimate of drug-likeness (QED) is 0.340. The molecule has 2 N–H and O–H groups in total. The molecular weight excluding hydrogens is 420 g/mol. The smallest absolute Gasteiger partial charge is 0.416 e. The fourth-order valence-electron chi connectivity index (χ4n) is 2.24. The minimum atomic E-state index is -4.69. The molecule has 1 unspecified atom stereocenters. The van der Waals surface area contributed by atoms with Crippen molar-refractivity contribution in [1.29, 1.82) is 5.26 Å². The highest BCUT2D eigenvalue weighted by atomic mass is 35.5. The Labute approximate surface area is 161 Å². The monoisotopic (exact) mass is 428 g/mol. The highest BCUT2D eigenvalue weighted by Crippen LogP contribution is 2.44. The number of benzene rings is 1. The number of alkyl halides is 4. The average Bonchev–Trinajstić information content (AvgIpc) is 2.78. The van der Waals surface area contributed by atoms with Gasteiger partial charge in [-0.1, -0.05) is 34.8 Å². The Morgan fingerprint density at radius 1 is 1.38 bits per heavy atom. The lowest BCUT2D eigenvalue weighted by molar-refractivity contribution is -0.139. The SMILES string of the molecule is CCOC(=O)C1=C(C#N)C(Cl)N(N)N1c1c(Cl)cc(C(F)(F)F)cc1Cl. The Hall–Kier alpha value is -1.70. The predicted octanol–water partition coefficient (Wildman–Crippen LogP) is 3.83. The summed E-state index contributed by atoms with van der Waals surface area (Å²) >= 11 is 18.0. The average molecular weight is 430 g/mol. The van der Waals surface area contributed by atoms with Gasteiger partial charge in [-0.25, -0.2) is 15.6 Å². The van der Waals surface area contributed by atoms with Gasteiger partial charge >= 0.3 is 12.1 Å². The first-order valence-electron chi connectivity index (χ1n) is 6.90. The molecule has 0 aliphatic carbocycles. The largest absolute Gasteiger partial charge is 0.461 e. The molecule has 1 aliphatic heterocycles. The lowest BCUT2D eigenvalue weighted by Gasteiger charge is -2.30. The summed E-state index contributed by atoms with van der Waals surface area (Å²) in [5, 5.41) is 9.97. The molecule has 2 rings (SSSR count). The number of nitriles is 1. The van der Waals surface area contributed by atoms with Crippen LogP contribution in [0, 0.1) is 11.3 Å². The van der Waals surface area contributed by atoms with E-state index >= 15 is 0 Å². The van der Waals surface area contributed by atoms with Crippen LogP contribution < -0.4 is 10.9 Å². The van der Waals surface area contributed by atoms with Crippen LogP contribution in [0.15, 0.2) is 23.4 Å². The number of hydrazine groups is 2. The number of anilines is 1. The summed E-state index contributed by atoms with van der Waals surface area (Å²) in [5.41, 5.74) is -3.28. The zero-order valence-corrected chi connectivity index (χ0v) is 15.2. The molecule has 0 saturated carbocycles. The van der Waals surface area contributed by atoms with Gasteiger partial charge in [-0.05, 0) is 19.1 Å². The van der Waals surface area contributed by atoms with Crippen molar-refractivity contribution < 1.29 is 22.7 Å². The van der Waals surface area contributed by atoms with Crippen molar-refractivity contribution in [3.8, 4) is 6.07 Å². The van der Waals surface area contributed by atoms with E-state index in [-0.39, 0.29) is 23.6 Å². The van der Waals surface area contributed by atoms with Crippen molar-refractivity contribution in [2.24, 2.45) is 5.84 Å². The molecule has 0 spiro atoms. The normalized spacial score (nSPS) is 18.3. The van der Waals surface area contributed by atoms with Gasteiger partial charge < -0.3 is 4.74 Å². The topological polar surface area (TPSA) is 82.6 Å². The van der Waals surface area contributed by atoms with Crippen molar-refractivity contribution in [3.05, 3.63) is 39.0 Å². The maximum Gasteiger partial charge on any atom is 0.416 e. The van der Waals surface area contributed by atoms with Crippen molar-refractivity contribution in [2.75, 3.05) is 11.6 Å². The molecule has 1 aromatic rings. The van der Waals surface area contributed by atoms with Gasteiger partial charge in [0, 0.05) is 0 Å². The molecule has 0 aromatic heterocycles. The molecule has 0 saturated heterocycles. The lowest BCUT2D eigenvalue weighted by atomic mass is 10.1. The molecule has 26 heavy (non-hydrogen) atoms. The standard InChI is InChI=1S/C14H10Cl3F3N4O2/c1-2-26-13(25)10-7(5-21)12(17)24(22)23(10)11-8(15)3-6(4-9(11)16)14(18,19)20/h3-4,12H,2,22H2,1H3. The summed E-state index contributed by atoms with van der Waals surface area (Å²) in [4.78, 5) is 12.3. The Morgan fingerprint density at radius 2 is 1.92 bits per heavy atom. The van der Waals surface area contributed by atoms with E-state index in [1.165, 1.54) is 6.92 Å². The molecule has 0 bridgehead atoms. The van der Waals surface area contributed by atoms with Gasteiger partial charge in [-0.2, -0.15) is 18.4 Å². The molecule has 140 valence electrons. The zero-order valence-electron chi connectivity index (χ0n) is 12.9. The number of carbonyl (C=O) groups is 1. The second-order valence-corrected chi connectivity index (χ2v) is 6.14. The lowest BCUT2D eigenvalue weighted by Crippen LogP contribution is -2.47. The van der Waals surface area contributed by atoms with Crippen LogP contribution >= 0.6 is 34.8 Å².